The van der Waals surface area contributed by atoms with E-state index in [0.717, 1.165) is 6.07 Å². The number of hydrogen-bond donors (Lipinski definition) is 5. The van der Waals surface area contributed by atoms with Gasteiger partial charge < -0.3 is 34.9 Å². The van der Waals surface area contributed by atoms with E-state index < -0.39 is 17.8 Å². The molecular formula is C22H22N2O8. The fourth-order valence-corrected chi connectivity index (χ4v) is 3.59. The number of aliphatic hydroxyl groups is 1. The summed E-state index contributed by atoms with van der Waals surface area (Å²) in [4.78, 5) is 26.1. The van der Waals surface area contributed by atoms with Crippen molar-refractivity contribution in [2.45, 2.75) is 6.61 Å². The van der Waals surface area contributed by atoms with Gasteiger partial charge in [0, 0.05) is 37.3 Å². The Labute approximate surface area is 181 Å². The fourth-order valence-electron chi connectivity index (χ4n) is 3.59. The molecule has 10 nitrogen and oxygen atoms in total. The first kappa shape index (κ1) is 21.5. The number of ether oxygens (including phenoxy) is 1. The molecule has 2 aromatic carbocycles. The number of aliphatic hydroxyl groups excluding tert-OH is 1. The lowest BCUT2D eigenvalue weighted by molar-refractivity contribution is -0.124. The number of aromatic hydroxyl groups is 3. The minimum absolute atomic E-state index is 0.0297. The second kappa shape index (κ2) is 8.77. The van der Waals surface area contributed by atoms with Crippen LogP contribution < -0.4 is 15.5 Å². The van der Waals surface area contributed by atoms with Crippen molar-refractivity contribution < 1.29 is 34.4 Å². The minimum atomic E-state index is -0.559. The van der Waals surface area contributed by atoms with Crippen molar-refractivity contribution in [3.05, 3.63) is 46.1 Å². The van der Waals surface area contributed by atoms with Crippen LogP contribution in [-0.2, 0) is 11.4 Å². The number of phenols is 3. The molecule has 5 N–H and O–H groups in total. The molecule has 3 aromatic rings. The van der Waals surface area contributed by atoms with E-state index in [-0.39, 0.29) is 58.6 Å². The monoisotopic (exact) mass is 442 g/mol. The number of phenolic OH excluding ortho intramolecular Hbond substituents is 2. The molecule has 2 heterocycles. The predicted molar refractivity (Wildman–Crippen MR) is 114 cm³/mol. The van der Waals surface area contributed by atoms with Gasteiger partial charge in [-0.3, -0.25) is 14.5 Å². The Bertz CT molecular complexity index is 1240. The van der Waals surface area contributed by atoms with Crippen LogP contribution in [0.15, 0.2) is 39.5 Å². The van der Waals surface area contributed by atoms with Gasteiger partial charge in [0.2, 0.25) is 5.91 Å². The van der Waals surface area contributed by atoms with Gasteiger partial charge in [0.15, 0.2) is 16.9 Å². The van der Waals surface area contributed by atoms with Gasteiger partial charge in [0.05, 0.1) is 18.7 Å². The number of hydrogen-bond acceptors (Lipinski definition) is 9. The van der Waals surface area contributed by atoms with Gasteiger partial charge in [0.25, 0.3) is 0 Å². The van der Waals surface area contributed by atoms with Crippen molar-refractivity contribution in [1.82, 2.24) is 10.2 Å². The topological polar surface area (TPSA) is 153 Å². The predicted octanol–water partition coefficient (Wildman–Crippen LogP) is 0.880. The second-order valence-electron chi connectivity index (χ2n) is 7.39. The number of fused-ring (bicyclic) bond motifs is 1. The van der Waals surface area contributed by atoms with Crippen LogP contribution in [0.2, 0.25) is 0 Å². The Balaban J connectivity index is 1.67. The zero-order valence-corrected chi connectivity index (χ0v) is 17.0. The Hall–Kier alpha value is -3.76. The van der Waals surface area contributed by atoms with E-state index in [1.54, 1.807) is 0 Å². The summed E-state index contributed by atoms with van der Waals surface area (Å²) in [6.45, 7) is 1.57. The molecule has 1 fully saturated rings. The average Bonchev–Trinajstić information content (AvgIpc) is 2.75. The van der Waals surface area contributed by atoms with Gasteiger partial charge in [-0.05, 0) is 18.2 Å². The molecule has 1 amide bonds. The molecular weight excluding hydrogens is 420 g/mol. The fraction of sp³-hybridized carbons (Fsp3) is 0.273. The smallest absolute Gasteiger partial charge is 0.234 e. The summed E-state index contributed by atoms with van der Waals surface area (Å²) >= 11 is 0. The maximum atomic E-state index is 12.7. The van der Waals surface area contributed by atoms with Crippen LogP contribution in [-0.4, -0.2) is 64.0 Å². The van der Waals surface area contributed by atoms with Crippen molar-refractivity contribution in [1.29, 1.82) is 0 Å². The Morgan fingerprint density at radius 1 is 1.09 bits per heavy atom. The first-order chi connectivity index (χ1) is 15.4. The number of rotatable bonds is 6. The molecule has 10 heteroatoms. The van der Waals surface area contributed by atoms with Crippen molar-refractivity contribution >= 4 is 16.9 Å². The second-order valence-corrected chi connectivity index (χ2v) is 7.39. The van der Waals surface area contributed by atoms with E-state index >= 15 is 0 Å². The summed E-state index contributed by atoms with van der Waals surface area (Å²) < 4.78 is 11.5. The van der Waals surface area contributed by atoms with Crippen LogP contribution >= 0.6 is 0 Å². The highest BCUT2D eigenvalue weighted by atomic mass is 16.5. The number of benzene rings is 2. The first-order valence-corrected chi connectivity index (χ1v) is 9.95. The van der Waals surface area contributed by atoms with E-state index in [4.69, 9.17) is 9.15 Å². The summed E-state index contributed by atoms with van der Waals surface area (Å²) in [5.41, 5.74) is -0.124. The van der Waals surface area contributed by atoms with Crippen LogP contribution in [0, 0.1) is 0 Å². The van der Waals surface area contributed by atoms with Crippen molar-refractivity contribution in [3.63, 3.8) is 0 Å². The number of carbonyl (C=O) groups is 1. The summed E-state index contributed by atoms with van der Waals surface area (Å²) in [5, 5.41) is 42.2. The highest BCUT2D eigenvalue weighted by molar-refractivity contribution is 5.88. The number of carbonyl (C=O) groups excluding carboxylic acids is 1. The van der Waals surface area contributed by atoms with E-state index in [1.807, 2.05) is 4.90 Å². The number of amides is 1. The molecule has 0 radical (unpaired) electrons. The number of nitrogens with one attached hydrogen (secondary N) is 1. The molecule has 0 spiro atoms. The SMILES string of the molecule is O=C1CN(CCOc2cc3oc(-c4ccc(O)c(O)c4)cc(=O)c3c(O)c2CO)CCN1. The normalized spacial score (nSPS) is 14.5. The molecule has 1 aromatic heterocycles. The molecule has 0 saturated carbocycles. The summed E-state index contributed by atoms with van der Waals surface area (Å²) in [7, 11) is 0. The zero-order chi connectivity index (χ0) is 22.8. The maximum absolute atomic E-state index is 12.7. The highest BCUT2D eigenvalue weighted by Crippen LogP contribution is 2.37. The molecule has 0 aliphatic carbocycles. The lowest BCUT2D eigenvalue weighted by atomic mass is 10.1. The molecule has 1 aliphatic rings. The van der Waals surface area contributed by atoms with E-state index in [1.165, 1.54) is 24.3 Å². The van der Waals surface area contributed by atoms with Gasteiger partial charge in [-0.1, -0.05) is 0 Å². The van der Waals surface area contributed by atoms with Gasteiger partial charge in [-0.15, -0.1) is 0 Å². The van der Waals surface area contributed by atoms with Gasteiger partial charge in [-0.2, -0.15) is 0 Å². The summed E-state index contributed by atoms with van der Waals surface area (Å²) in [5.74, 6) is -0.938. The lowest BCUT2D eigenvalue weighted by Crippen LogP contribution is -2.48. The van der Waals surface area contributed by atoms with Gasteiger partial charge >= 0.3 is 0 Å². The van der Waals surface area contributed by atoms with E-state index in [0.29, 0.717) is 25.2 Å². The van der Waals surface area contributed by atoms with Crippen LogP contribution in [0.3, 0.4) is 0 Å². The lowest BCUT2D eigenvalue weighted by Gasteiger charge is -2.26. The standard InChI is InChI=1S/C22H22N2O8/c25-11-13-18(31-6-5-24-4-3-23-20(29)10-24)9-19-21(22(13)30)16(28)8-17(32-19)12-1-2-14(26)15(27)7-12/h1-2,7-9,25-27,30H,3-6,10-11H2,(H,23,29). The third kappa shape index (κ3) is 4.18. The van der Waals surface area contributed by atoms with Crippen LogP contribution in [0.1, 0.15) is 5.56 Å². The molecule has 0 atom stereocenters. The van der Waals surface area contributed by atoms with Crippen molar-refractivity contribution in [2.24, 2.45) is 0 Å². The molecule has 1 aliphatic heterocycles. The number of piperazine rings is 1. The molecule has 1 saturated heterocycles. The van der Waals surface area contributed by atoms with Crippen molar-refractivity contribution in [3.8, 4) is 34.3 Å². The largest absolute Gasteiger partial charge is 0.507 e. The van der Waals surface area contributed by atoms with E-state index in [9.17, 15) is 30.0 Å². The quantitative estimate of drug-likeness (QED) is 0.350. The van der Waals surface area contributed by atoms with Crippen molar-refractivity contribution in [2.75, 3.05) is 32.8 Å². The van der Waals surface area contributed by atoms with Gasteiger partial charge in [0.1, 0.15) is 34.8 Å². The third-order valence-electron chi connectivity index (χ3n) is 5.26. The average molecular weight is 442 g/mol. The first-order valence-electron chi connectivity index (χ1n) is 9.95. The molecule has 0 unspecified atom stereocenters. The van der Waals surface area contributed by atoms with Gasteiger partial charge in [-0.25, -0.2) is 0 Å². The number of nitrogens with zero attached hydrogens (tertiary/aromatic N) is 1. The maximum Gasteiger partial charge on any atom is 0.234 e. The molecule has 168 valence electrons. The molecule has 0 bridgehead atoms. The Morgan fingerprint density at radius 3 is 2.62 bits per heavy atom. The van der Waals surface area contributed by atoms with E-state index in [2.05, 4.69) is 5.32 Å². The third-order valence-corrected chi connectivity index (χ3v) is 5.26. The molecule has 32 heavy (non-hydrogen) atoms. The summed E-state index contributed by atoms with van der Waals surface area (Å²) in [6.07, 6.45) is 0. The zero-order valence-electron chi connectivity index (χ0n) is 17.0. The Morgan fingerprint density at radius 2 is 1.91 bits per heavy atom. The Kier molecular flexibility index (Phi) is 5.89. The van der Waals surface area contributed by atoms with Crippen LogP contribution in [0.25, 0.3) is 22.3 Å². The van der Waals surface area contributed by atoms with Crippen LogP contribution in [0.4, 0.5) is 0 Å². The minimum Gasteiger partial charge on any atom is -0.507 e. The molecule has 4 rings (SSSR count). The summed E-state index contributed by atoms with van der Waals surface area (Å²) in [6, 6.07) is 6.53. The van der Waals surface area contributed by atoms with Crippen LogP contribution in [0.5, 0.6) is 23.0 Å². The highest BCUT2D eigenvalue weighted by Gasteiger charge is 2.20.